The van der Waals surface area contributed by atoms with E-state index in [0.29, 0.717) is 6.42 Å². The summed E-state index contributed by atoms with van der Waals surface area (Å²) < 4.78 is 4.82. The van der Waals surface area contributed by atoms with E-state index in [0.717, 1.165) is 0 Å². The smallest absolute Gasteiger partial charge is 0.344 e. The van der Waals surface area contributed by atoms with E-state index in [2.05, 4.69) is 5.32 Å². The second kappa shape index (κ2) is 7.84. The molecule has 0 aromatic carbocycles. The first-order chi connectivity index (χ1) is 9.09. The molecule has 1 radical (unpaired) electrons. The Kier molecular flexibility index (Phi) is 7.20. The summed E-state index contributed by atoms with van der Waals surface area (Å²) in [5.74, 6) is -2.35. The standard InChI is InChI=1S/C13H23N2O5/c1-8(11(17)18)20-12(19)10(13(2,3)4)15-9(16)6-5-7-14/h7-8,10H,5-6,14H2,1-4H3,(H,15,16)(H,17,18)/t8-,10+/m0/s1. The highest BCUT2D eigenvalue weighted by Gasteiger charge is 2.35. The van der Waals surface area contributed by atoms with Gasteiger partial charge in [0, 0.05) is 13.0 Å². The molecule has 0 aliphatic carbocycles. The largest absolute Gasteiger partial charge is 0.479 e. The molecular formula is C13H23N2O5. The van der Waals surface area contributed by atoms with Crippen molar-refractivity contribution < 1.29 is 24.2 Å². The third-order valence-electron chi connectivity index (χ3n) is 2.59. The number of carboxylic acids is 1. The van der Waals surface area contributed by atoms with Crippen molar-refractivity contribution in [3.05, 3.63) is 6.54 Å². The molecule has 0 spiro atoms. The highest BCUT2D eigenvalue weighted by Crippen LogP contribution is 2.21. The summed E-state index contributed by atoms with van der Waals surface area (Å²) >= 11 is 0. The van der Waals surface area contributed by atoms with E-state index < -0.39 is 29.5 Å². The van der Waals surface area contributed by atoms with Crippen molar-refractivity contribution in [3.63, 3.8) is 0 Å². The van der Waals surface area contributed by atoms with Gasteiger partial charge >= 0.3 is 11.9 Å². The number of esters is 1. The zero-order valence-corrected chi connectivity index (χ0v) is 12.3. The molecule has 115 valence electrons. The third-order valence-corrected chi connectivity index (χ3v) is 2.59. The highest BCUT2D eigenvalue weighted by atomic mass is 16.6. The number of nitrogens with one attached hydrogen (secondary N) is 1. The molecule has 0 aliphatic heterocycles. The van der Waals surface area contributed by atoms with Crippen molar-refractivity contribution >= 4 is 17.8 Å². The predicted octanol–water partition coefficient (Wildman–Crippen LogP) is 0.434. The Hall–Kier alpha value is -1.63. The van der Waals surface area contributed by atoms with Crippen molar-refractivity contribution in [2.24, 2.45) is 11.1 Å². The highest BCUT2D eigenvalue weighted by molar-refractivity contribution is 5.86. The summed E-state index contributed by atoms with van der Waals surface area (Å²) in [5.41, 5.74) is 4.59. The van der Waals surface area contributed by atoms with Crippen molar-refractivity contribution in [3.8, 4) is 0 Å². The molecule has 2 atom stereocenters. The van der Waals surface area contributed by atoms with Crippen LogP contribution in [-0.4, -0.2) is 35.1 Å². The Balaban J connectivity index is 4.77. The maximum Gasteiger partial charge on any atom is 0.344 e. The van der Waals surface area contributed by atoms with Gasteiger partial charge in [0.05, 0.1) is 0 Å². The van der Waals surface area contributed by atoms with Gasteiger partial charge in [-0.15, -0.1) is 0 Å². The lowest BCUT2D eigenvalue weighted by Gasteiger charge is -2.30. The molecule has 7 nitrogen and oxygen atoms in total. The van der Waals surface area contributed by atoms with Crippen LogP contribution < -0.4 is 11.1 Å². The summed E-state index contributed by atoms with van der Waals surface area (Å²) in [5, 5.41) is 11.3. The van der Waals surface area contributed by atoms with E-state index in [-0.39, 0.29) is 12.3 Å². The van der Waals surface area contributed by atoms with Crippen LogP contribution in [0.2, 0.25) is 0 Å². The second-order valence-corrected chi connectivity index (χ2v) is 5.56. The molecule has 0 bridgehead atoms. The molecule has 0 rings (SSSR count). The molecule has 1 amide bonds. The second-order valence-electron chi connectivity index (χ2n) is 5.56. The van der Waals surface area contributed by atoms with Crippen molar-refractivity contribution in [2.75, 3.05) is 0 Å². The van der Waals surface area contributed by atoms with Gasteiger partial charge in [-0.05, 0) is 18.8 Å². The maximum absolute atomic E-state index is 12.0. The molecule has 0 saturated carbocycles. The molecule has 0 unspecified atom stereocenters. The van der Waals surface area contributed by atoms with Gasteiger partial charge in [-0.2, -0.15) is 0 Å². The quantitative estimate of drug-likeness (QED) is 0.584. The van der Waals surface area contributed by atoms with E-state index in [4.69, 9.17) is 15.6 Å². The Morgan fingerprint density at radius 3 is 2.30 bits per heavy atom. The van der Waals surface area contributed by atoms with Gasteiger partial charge < -0.3 is 20.9 Å². The van der Waals surface area contributed by atoms with Crippen LogP contribution in [0.3, 0.4) is 0 Å². The van der Waals surface area contributed by atoms with Crippen LogP contribution in [0, 0.1) is 12.0 Å². The summed E-state index contributed by atoms with van der Waals surface area (Å²) in [6, 6.07) is -0.922. The predicted molar refractivity (Wildman–Crippen MR) is 72.3 cm³/mol. The maximum atomic E-state index is 12.0. The van der Waals surface area contributed by atoms with E-state index in [1.807, 2.05) is 0 Å². The Labute approximate surface area is 118 Å². The lowest BCUT2D eigenvalue weighted by atomic mass is 9.86. The zero-order chi connectivity index (χ0) is 15.9. The monoisotopic (exact) mass is 287 g/mol. The summed E-state index contributed by atoms with van der Waals surface area (Å²) in [6.07, 6.45) is -0.713. The lowest BCUT2D eigenvalue weighted by molar-refractivity contribution is -0.166. The van der Waals surface area contributed by atoms with Crippen LogP contribution in [0.25, 0.3) is 0 Å². The number of hydrogen-bond acceptors (Lipinski definition) is 5. The molecule has 0 heterocycles. The average molecular weight is 287 g/mol. The minimum atomic E-state index is -1.26. The summed E-state index contributed by atoms with van der Waals surface area (Å²) in [7, 11) is 0. The van der Waals surface area contributed by atoms with Gasteiger partial charge in [0.2, 0.25) is 5.91 Å². The fourth-order valence-electron chi connectivity index (χ4n) is 1.37. The fraction of sp³-hybridized carbons (Fsp3) is 0.692. The van der Waals surface area contributed by atoms with Gasteiger partial charge in [-0.3, -0.25) is 4.79 Å². The molecule has 0 aliphatic rings. The molecule has 0 aromatic heterocycles. The normalized spacial score (nSPS) is 14.2. The molecule has 4 N–H and O–H groups in total. The van der Waals surface area contributed by atoms with Crippen LogP contribution in [0.1, 0.15) is 40.5 Å². The Bertz CT molecular complexity index is 362. The fourth-order valence-corrected chi connectivity index (χ4v) is 1.37. The van der Waals surface area contributed by atoms with Gasteiger partial charge in [-0.25, -0.2) is 9.59 Å². The minimum Gasteiger partial charge on any atom is -0.479 e. The number of carboxylic acid groups (broad SMARTS) is 1. The molecule has 0 aromatic rings. The van der Waals surface area contributed by atoms with Crippen molar-refractivity contribution in [1.82, 2.24) is 5.32 Å². The summed E-state index contributed by atoms with van der Waals surface area (Å²) in [6.45, 7) is 7.86. The van der Waals surface area contributed by atoms with E-state index >= 15 is 0 Å². The van der Waals surface area contributed by atoms with E-state index in [9.17, 15) is 14.4 Å². The number of aliphatic carboxylic acids is 1. The number of carbonyl (C=O) groups is 3. The van der Waals surface area contributed by atoms with Gasteiger partial charge in [-0.1, -0.05) is 20.8 Å². The summed E-state index contributed by atoms with van der Waals surface area (Å²) in [4.78, 5) is 34.3. The van der Waals surface area contributed by atoms with Crippen LogP contribution in [0.15, 0.2) is 0 Å². The molecule has 0 saturated heterocycles. The van der Waals surface area contributed by atoms with Crippen LogP contribution >= 0.6 is 0 Å². The minimum absolute atomic E-state index is 0.158. The zero-order valence-electron chi connectivity index (χ0n) is 12.3. The molecule has 20 heavy (non-hydrogen) atoms. The lowest BCUT2D eigenvalue weighted by Crippen LogP contribution is -2.51. The van der Waals surface area contributed by atoms with Crippen LogP contribution in [0.4, 0.5) is 0 Å². The van der Waals surface area contributed by atoms with Crippen LogP contribution in [0.5, 0.6) is 0 Å². The first-order valence-corrected chi connectivity index (χ1v) is 6.35. The number of hydrogen-bond donors (Lipinski definition) is 3. The topological polar surface area (TPSA) is 119 Å². The Morgan fingerprint density at radius 2 is 1.90 bits per heavy atom. The van der Waals surface area contributed by atoms with Crippen molar-refractivity contribution in [2.45, 2.75) is 52.7 Å². The van der Waals surface area contributed by atoms with Gasteiger partial charge in [0.15, 0.2) is 6.10 Å². The molecular weight excluding hydrogens is 264 g/mol. The van der Waals surface area contributed by atoms with E-state index in [1.54, 1.807) is 20.8 Å². The first-order valence-electron chi connectivity index (χ1n) is 6.35. The van der Waals surface area contributed by atoms with Crippen LogP contribution in [-0.2, 0) is 19.1 Å². The van der Waals surface area contributed by atoms with E-state index in [1.165, 1.54) is 13.5 Å². The average Bonchev–Trinajstić information content (AvgIpc) is 2.31. The van der Waals surface area contributed by atoms with Gasteiger partial charge in [0.25, 0.3) is 0 Å². The molecule has 0 fully saturated rings. The number of rotatable bonds is 7. The van der Waals surface area contributed by atoms with Gasteiger partial charge in [0.1, 0.15) is 6.04 Å². The molecule has 7 heteroatoms. The number of nitrogens with two attached hydrogens (primary N) is 1. The SMILES string of the molecule is C[C@H](OC(=O)[C@@H](NC(=O)CC[CH]N)C(C)(C)C)C(=O)O. The first kappa shape index (κ1) is 18.4. The Morgan fingerprint density at radius 1 is 1.35 bits per heavy atom. The number of carbonyl (C=O) groups excluding carboxylic acids is 2. The number of amides is 1. The van der Waals surface area contributed by atoms with Crippen molar-refractivity contribution in [1.29, 1.82) is 0 Å². The third kappa shape index (κ3) is 6.51. The number of ether oxygens (including phenoxy) is 1.